The summed E-state index contributed by atoms with van der Waals surface area (Å²) in [6.45, 7) is 12.0. The van der Waals surface area contributed by atoms with E-state index in [1.54, 1.807) is 20.8 Å². The smallest absolute Gasteiger partial charge is 0.408 e. The van der Waals surface area contributed by atoms with Crippen LogP contribution in [0.5, 0.6) is 0 Å². The number of aliphatic hydroxyl groups excluding tert-OH is 1. The molecule has 7 nitrogen and oxygen atoms in total. The largest absolute Gasteiger partial charge is 0.444 e. The Labute approximate surface area is 160 Å². The highest BCUT2D eigenvalue weighted by atomic mass is 19.1. The molecule has 0 spiro atoms. The summed E-state index contributed by atoms with van der Waals surface area (Å²) < 4.78 is 18.7. The SMILES string of the molecule is CC(=O)C(O)C1(NC(=O)C(CC(C)(C)C)NC(=O)OC(C)(C)C)CC(F)C1. The number of alkyl carbamates (subject to hydrolysis) is 1. The number of Topliss-reactive ketones (excluding diaryl/α,β-unsaturated/α-hetero) is 1. The van der Waals surface area contributed by atoms with Crippen molar-refractivity contribution in [3.8, 4) is 0 Å². The van der Waals surface area contributed by atoms with Gasteiger partial charge in [-0.1, -0.05) is 20.8 Å². The molecule has 0 radical (unpaired) electrons. The summed E-state index contributed by atoms with van der Waals surface area (Å²) in [7, 11) is 0. The zero-order valence-electron chi connectivity index (χ0n) is 17.3. The van der Waals surface area contributed by atoms with Gasteiger partial charge in [0.05, 0.1) is 5.54 Å². The third-order valence-electron chi connectivity index (χ3n) is 4.28. The van der Waals surface area contributed by atoms with Gasteiger partial charge >= 0.3 is 6.09 Å². The molecule has 0 heterocycles. The molecule has 1 aliphatic carbocycles. The van der Waals surface area contributed by atoms with E-state index in [1.165, 1.54) is 6.92 Å². The van der Waals surface area contributed by atoms with Crippen molar-refractivity contribution in [1.29, 1.82) is 0 Å². The minimum absolute atomic E-state index is 0.145. The molecule has 1 saturated carbocycles. The van der Waals surface area contributed by atoms with Gasteiger partial charge in [-0.15, -0.1) is 0 Å². The second-order valence-electron chi connectivity index (χ2n) is 9.63. The molecule has 8 heteroatoms. The van der Waals surface area contributed by atoms with E-state index in [0.717, 1.165) is 0 Å². The Balaban J connectivity index is 2.95. The predicted octanol–water partition coefficient (Wildman–Crippen LogP) is 2.25. The van der Waals surface area contributed by atoms with Crippen molar-refractivity contribution >= 4 is 17.8 Å². The van der Waals surface area contributed by atoms with Crippen molar-refractivity contribution in [3.63, 3.8) is 0 Å². The second kappa shape index (κ2) is 8.12. The third-order valence-corrected chi connectivity index (χ3v) is 4.28. The number of hydrogen-bond acceptors (Lipinski definition) is 5. The van der Waals surface area contributed by atoms with Crippen molar-refractivity contribution in [2.45, 2.75) is 97.2 Å². The average Bonchev–Trinajstić information content (AvgIpc) is 2.39. The number of rotatable bonds is 6. The molecule has 2 atom stereocenters. The van der Waals surface area contributed by atoms with Crippen LogP contribution in [0.15, 0.2) is 0 Å². The third kappa shape index (κ3) is 7.08. The number of ketones is 1. The predicted molar refractivity (Wildman–Crippen MR) is 98.9 cm³/mol. The van der Waals surface area contributed by atoms with E-state index in [1.807, 2.05) is 20.8 Å². The molecule has 1 aliphatic rings. The first-order valence-electron chi connectivity index (χ1n) is 9.19. The van der Waals surface area contributed by atoms with Gasteiger partial charge in [-0.25, -0.2) is 9.18 Å². The average molecular weight is 388 g/mol. The number of amides is 2. The molecular weight excluding hydrogens is 355 g/mol. The van der Waals surface area contributed by atoms with E-state index >= 15 is 0 Å². The Morgan fingerprint density at radius 2 is 1.70 bits per heavy atom. The molecule has 0 aromatic heterocycles. The van der Waals surface area contributed by atoms with Crippen LogP contribution in [-0.2, 0) is 14.3 Å². The van der Waals surface area contributed by atoms with E-state index in [9.17, 15) is 23.9 Å². The van der Waals surface area contributed by atoms with E-state index in [-0.39, 0.29) is 18.3 Å². The van der Waals surface area contributed by atoms with Gasteiger partial charge in [0, 0.05) is 12.8 Å². The second-order valence-corrected chi connectivity index (χ2v) is 9.63. The minimum Gasteiger partial charge on any atom is -0.444 e. The Bertz CT molecular complexity index is 574. The summed E-state index contributed by atoms with van der Waals surface area (Å²) in [5.74, 6) is -1.13. The highest BCUT2D eigenvalue weighted by molar-refractivity contribution is 5.88. The fourth-order valence-electron chi connectivity index (χ4n) is 3.12. The topological polar surface area (TPSA) is 105 Å². The summed E-state index contributed by atoms with van der Waals surface area (Å²) in [5.41, 5.74) is -2.37. The monoisotopic (exact) mass is 388 g/mol. The first-order valence-corrected chi connectivity index (χ1v) is 9.19. The van der Waals surface area contributed by atoms with Crippen LogP contribution in [0.3, 0.4) is 0 Å². The molecule has 1 fully saturated rings. The molecule has 1 rings (SSSR count). The van der Waals surface area contributed by atoms with Crippen molar-refractivity contribution in [2.24, 2.45) is 5.41 Å². The Morgan fingerprint density at radius 1 is 1.19 bits per heavy atom. The molecule has 0 aromatic rings. The number of halogens is 1. The molecule has 27 heavy (non-hydrogen) atoms. The molecule has 0 saturated heterocycles. The number of aliphatic hydroxyl groups is 1. The van der Waals surface area contributed by atoms with E-state index in [2.05, 4.69) is 10.6 Å². The first kappa shape index (κ1) is 23.3. The zero-order valence-corrected chi connectivity index (χ0v) is 17.3. The van der Waals surface area contributed by atoms with Crippen molar-refractivity contribution in [2.75, 3.05) is 0 Å². The summed E-state index contributed by atoms with van der Waals surface area (Å²) in [4.78, 5) is 36.6. The van der Waals surface area contributed by atoms with Gasteiger partial charge in [-0.2, -0.15) is 0 Å². The lowest BCUT2D eigenvalue weighted by Crippen LogP contribution is -2.69. The van der Waals surface area contributed by atoms with Gasteiger partial charge in [0.25, 0.3) is 0 Å². The summed E-state index contributed by atoms with van der Waals surface area (Å²) in [5, 5.41) is 15.3. The highest BCUT2D eigenvalue weighted by Gasteiger charge is 2.53. The lowest BCUT2D eigenvalue weighted by atomic mass is 9.70. The van der Waals surface area contributed by atoms with Crippen molar-refractivity contribution in [3.05, 3.63) is 0 Å². The summed E-state index contributed by atoms with van der Waals surface area (Å²) >= 11 is 0. The number of carbonyl (C=O) groups excluding carboxylic acids is 3. The number of hydrogen-bond donors (Lipinski definition) is 3. The van der Waals surface area contributed by atoms with E-state index in [4.69, 9.17) is 4.74 Å². The van der Waals surface area contributed by atoms with Crippen LogP contribution in [0.4, 0.5) is 9.18 Å². The highest BCUT2D eigenvalue weighted by Crippen LogP contribution is 2.38. The number of carbonyl (C=O) groups is 3. The maximum atomic E-state index is 13.5. The molecule has 2 unspecified atom stereocenters. The zero-order chi connectivity index (χ0) is 21.2. The molecule has 0 aromatic carbocycles. The molecular formula is C19H33FN2O5. The van der Waals surface area contributed by atoms with Crippen LogP contribution >= 0.6 is 0 Å². The standard InChI is InChI=1S/C19H33FN2O5/c1-11(23)14(24)19(8-12(20)9-19)22-15(25)13(10-17(2,3)4)21-16(26)27-18(5,6)7/h12-14,24H,8-10H2,1-7H3,(H,21,26)(H,22,25). The Morgan fingerprint density at radius 3 is 2.07 bits per heavy atom. The lowest BCUT2D eigenvalue weighted by Gasteiger charge is -2.47. The Hall–Kier alpha value is -1.70. The van der Waals surface area contributed by atoms with Gasteiger partial charge in [0.1, 0.15) is 23.9 Å². The van der Waals surface area contributed by atoms with Gasteiger partial charge in [0.15, 0.2) is 5.78 Å². The van der Waals surface area contributed by atoms with Crippen LogP contribution in [-0.4, -0.2) is 52.3 Å². The van der Waals surface area contributed by atoms with Crippen LogP contribution < -0.4 is 10.6 Å². The molecule has 3 N–H and O–H groups in total. The first-order chi connectivity index (χ1) is 12.0. The normalized spacial score (nSPS) is 25.0. The van der Waals surface area contributed by atoms with E-state index < -0.39 is 47.2 Å². The van der Waals surface area contributed by atoms with Crippen LogP contribution in [0, 0.1) is 5.41 Å². The van der Waals surface area contributed by atoms with Gasteiger partial charge in [-0.05, 0) is 39.5 Å². The molecule has 0 aliphatic heterocycles. The molecule has 2 amide bonds. The number of nitrogens with one attached hydrogen (secondary N) is 2. The minimum atomic E-state index is -1.50. The van der Waals surface area contributed by atoms with Gasteiger partial charge in [-0.3, -0.25) is 9.59 Å². The van der Waals surface area contributed by atoms with Crippen LogP contribution in [0.25, 0.3) is 0 Å². The van der Waals surface area contributed by atoms with Gasteiger partial charge < -0.3 is 20.5 Å². The van der Waals surface area contributed by atoms with Gasteiger partial charge in [0.2, 0.25) is 5.91 Å². The van der Waals surface area contributed by atoms with E-state index in [0.29, 0.717) is 6.42 Å². The van der Waals surface area contributed by atoms with Crippen LogP contribution in [0.1, 0.15) is 67.7 Å². The summed E-state index contributed by atoms with van der Waals surface area (Å²) in [6.07, 6.45) is -3.43. The Kier molecular flexibility index (Phi) is 7.02. The van der Waals surface area contributed by atoms with Crippen LogP contribution in [0.2, 0.25) is 0 Å². The maximum absolute atomic E-state index is 13.5. The van der Waals surface area contributed by atoms with Crippen molar-refractivity contribution < 1.29 is 28.6 Å². The number of ether oxygens (including phenoxy) is 1. The maximum Gasteiger partial charge on any atom is 0.408 e. The fourth-order valence-corrected chi connectivity index (χ4v) is 3.12. The number of alkyl halides is 1. The molecule has 156 valence electrons. The fraction of sp³-hybridized carbons (Fsp3) is 0.842. The summed E-state index contributed by atoms with van der Waals surface area (Å²) in [6, 6.07) is -0.949. The quantitative estimate of drug-likeness (QED) is 0.647. The lowest BCUT2D eigenvalue weighted by molar-refractivity contribution is -0.141. The van der Waals surface area contributed by atoms with Crippen molar-refractivity contribution in [1.82, 2.24) is 10.6 Å². The molecule has 0 bridgehead atoms.